The van der Waals surface area contributed by atoms with Gasteiger partial charge in [-0.2, -0.15) is 0 Å². The summed E-state index contributed by atoms with van der Waals surface area (Å²) < 4.78 is 21.5. The van der Waals surface area contributed by atoms with E-state index in [9.17, 15) is 9.90 Å². The van der Waals surface area contributed by atoms with E-state index in [0.29, 0.717) is 13.0 Å². The van der Waals surface area contributed by atoms with Gasteiger partial charge < -0.3 is 24.1 Å². The lowest BCUT2D eigenvalue weighted by atomic mass is 9.89. The van der Waals surface area contributed by atoms with Crippen molar-refractivity contribution in [3.63, 3.8) is 0 Å². The fourth-order valence-electron chi connectivity index (χ4n) is 1.70. The molecule has 6 heteroatoms. The Morgan fingerprint density at radius 3 is 2.00 bits per heavy atom. The summed E-state index contributed by atoms with van der Waals surface area (Å²) in [5, 5.41) is 9.53. The molecular weight excluding hydrogens is 300 g/mol. The number of ether oxygens (including phenoxy) is 4. The van der Waals surface area contributed by atoms with Crippen molar-refractivity contribution in [2.24, 2.45) is 0 Å². The molecule has 0 unspecified atom stereocenters. The first-order valence-electron chi connectivity index (χ1n) is 8.10. The second-order valence-corrected chi connectivity index (χ2v) is 7.56. The van der Waals surface area contributed by atoms with E-state index in [4.69, 9.17) is 18.9 Å². The number of hydrogen-bond donors (Lipinski definition) is 1. The minimum atomic E-state index is -0.837. The van der Waals surface area contributed by atoms with Crippen LogP contribution < -0.4 is 0 Å². The summed E-state index contributed by atoms with van der Waals surface area (Å²) in [6.45, 7) is 15.4. The summed E-state index contributed by atoms with van der Waals surface area (Å²) >= 11 is 0. The first-order chi connectivity index (χ1) is 10.3. The standard InChI is InChI=1S/C17H34O6/c1-13(2)22-16(5,6)17(7,8)23-14(18)21-12-11-20-10-9-15(3,4)19/h13,19H,9-12H2,1-8H3. The minimum Gasteiger partial charge on any atom is -0.432 e. The summed E-state index contributed by atoms with van der Waals surface area (Å²) in [5.74, 6) is 0. The first kappa shape index (κ1) is 22.1. The molecule has 0 saturated heterocycles. The highest BCUT2D eigenvalue weighted by Crippen LogP contribution is 2.30. The van der Waals surface area contributed by atoms with Crippen LogP contribution in [-0.4, -0.2) is 54.0 Å². The molecule has 0 fully saturated rings. The van der Waals surface area contributed by atoms with Crippen molar-refractivity contribution in [3.8, 4) is 0 Å². The predicted octanol–water partition coefficient (Wildman–Crippen LogP) is 3.30. The maximum atomic E-state index is 11.8. The van der Waals surface area contributed by atoms with Crippen molar-refractivity contribution < 1.29 is 28.8 Å². The summed E-state index contributed by atoms with van der Waals surface area (Å²) in [6.07, 6.45) is -0.208. The smallest absolute Gasteiger partial charge is 0.432 e. The van der Waals surface area contributed by atoms with Crippen LogP contribution in [-0.2, 0) is 18.9 Å². The van der Waals surface area contributed by atoms with Crippen LogP contribution in [0.1, 0.15) is 61.8 Å². The van der Waals surface area contributed by atoms with Gasteiger partial charge in [-0.1, -0.05) is 0 Å². The van der Waals surface area contributed by atoms with Crippen molar-refractivity contribution in [3.05, 3.63) is 0 Å². The summed E-state index contributed by atoms with van der Waals surface area (Å²) in [7, 11) is 0. The Morgan fingerprint density at radius 2 is 1.52 bits per heavy atom. The fraction of sp³-hybridized carbons (Fsp3) is 0.941. The molecule has 23 heavy (non-hydrogen) atoms. The van der Waals surface area contributed by atoms with Crippen LogP contribution in [0.15, 0.2) is 0 Å². The zero-order chi connectivity index (χ0) is 18.3. The van der Waals surface area contributed by atoms with Crippen molar-refractivity contribution in [2.45, 2.75) is 84.7 Å². The largest absolute Gasteiger partial charge is 0.508 e. The van der Waals surface area contributed by atoms with E-state index in [0.717, 1.165) is 0 Å². The molecule has 0 spiro atoms. The molecule has 0 rings (SSSR count). The number of hydrogen-bond acceptors (Lipinski definition) is 6. The highest BCUT2D eigenvalue weighted by atomic mass is 16.7. The van der Waals surface area contributed by atoms with Gasteiger partial charge in [0.25, 0.3) is 0 Å². The number of carbonyl (C=O) groups is 1. The average Bonchev–Trinajstić information content (AvgIpc) is 2.29. The van der Waals surface area contributed by atoms with Crippen LogP contribution in [0.4, 0.5) is 4.79 Å². The van der Waals surface area contributed by atoms with Crippen LogP contribution >= 0.6 is 0 Å². The topological polar surface area (TPSA) is 74.2 Å². The zero-order valence-electron chi connectivity index (χ0n) is 15.9. The van der Waals surface area contributed by atoms with Crippen LogP contribution in [0, 0.1) is 0 Å². The Morgan fingerprint density at radius 1 is 0.957 bits per heavy atom. The lowest BCUT2D eigenvalue weighted by molar-refractivity contribution is -0.176. The van der Waals surface area contributed by atoms with Crippen molar-refractivity contribution in [2.75, 3.05) is 19.8 Å². The van der Waals surface area contributed by atoms with E-state index in [1.54, 1.807) is 27.7 Å². The summed E-state index contributed by atoms with van der Waals surface area (Å²) in [5.41, 5.74) is -2.24. The second-order valence-electron chi connectivity index (χ2n) is 7.56. The van der Waals surface area contributed by atoms with E-state index >= 15 is 0 Å². The van der Waals surface area contributed by atoms with Gasteiger partial charge in [0.15, 0.2) is 0 Å². The van der Waals surface area contributed by atoms with E-state index in [1.165, 1.54) is 0 Å². The summed E-state index contributed by atoms with van der Waals surface area (Å²) in [6, 6.07) is 0. The maximum Gasteiger partial charge on any atom is 0.508 e. The Labute approximate surface area is 140 Å². The third kappa shape index (κ3) is 9.79. The van der Waals surface area contributed by atoms with Gasteiger partial charge in [-0.05, 0) is 61.8 Å². The molecule has 0 atom stereocenters. The third-order valence-corrected chi connectivity index (χ3v) is 3.62. The van der Waals surface area contributed by atoms with E-state index in [-0.39, 0.29) is 19.3 Å². The molecular formula is C17H34O6. The molecule has 0 aliphatic heterocycles. The van der Waals surface area contributed by atoms with E-state index in [1.807, 2.05) is 27.7 Å². The van der Waals surface area contributed by atoms with Crippen LogP contribution in [0.25, 0.3) is 0 Å². The quantitative estimate of drug-likeness (QED) is 0.488. The molecule has 0 bridgehead atoms. The average molecular weight is 334 g/mol. The molecule has 0 aromatic heterocycles. The number of aliphatic hydroxyl groups is 1. The highest BCUT2D eigenvalue weighted by molar-refractivity contribution is 5.60. The molecule has 6 nitrogen and oxygen atoms in total. The molecule has 0 aliphatic carbocycles. The lowest BCUT2D eigenvalue weighted by Crippen LogP contribution is -2.51. The van der Waals surface area contributed by atoms with Crippen LogP contribution in [0.2, 0.25) is 0 Å². The van der Waals surface area contributed by atoms with Gasteiger partial charge >= 0.3 is 6.16 Å². The van der Waals surface area contributed by atoms with E-state index in [2.05, 4.69) is 0 Å². The number of carbonyl (C=O) groups excluding carboxylic acids is 1. The minimum absolute atomic E-state index is 0.0214. The van der Waals surface area contributed by atoms with Gasteiger partial charge in [0.1, 0.15) is 17.8 Å². The van der Waals surface area contributed by atoms with Gasteiger partial charge in [0.05, 0.1) is 18.3 Å². The second kappa shape index (κ2) is 8.85. The number of rotatable bonds is 10. The molecule has 0 saturated carbocycles. The molecule has 0 amide bonds. The normalized spacial score (nSPS) is 13.3. The molecule has 0 aromatic carbocycles. The Balaban J connectivity index is 4.09. The van der Waals surface area contributed by atoms with Crippen molar-refractivity contribution >= 4 is 6.16 Å². The summed E-state index contributed by atoms with van der Waals surface area (Å²) in [4.78, 5) is 11.8. The van der Waals surface area contributed by atoms with Gasteiger partial charge in [0, 0.05) is 6.61 Å². The van der Waals surface area contributed by atoms with Crippen molar-refractivity contribution in [1.82, 2.24) is 0 Å². The van der Waals surface area contributed by atoms with Crippen molar-refractivity contribution in [1.29, 1.82) is 0 Å². The van der Waals surface area contributed by atoms with Crippen LogP contribution in [0.5, 0.6) is 0 Å². The fourth-order valence-corrected chi connectivity index (χ4v) is 1.70. The Hall–Kier alpha value is -0.850. The highest BCUT2D eigenvalue weighted by Gasteiger charge is 2.42. The maximum absolute atomic E-state index is 11.8. The van der Waals surface area contributed by atoms with E-state index < -0.39 is 23.0 Å². The Kier molecular flexibility index (Phi) is 8.52. The molecule has 138 valence electrons. The monoisotopic (exact) mass is 334 g/mol. The predicted molar refractivity (Wildman–Crippen MR) is 88.5 cm³/mol. The molecule has 1 N–H and O–H groups in total. The van der Waals surface area contributed by atoms with Crippen LogP contribution in [0.3, 0.4) is 0 Å². The molecule has 0 radical (unpaired) electrons. The van der Waals surface area contributed by atoms with Gasteiger partial charge in [0.2, 0.25) is 0 Å². The van der Waals surface area contributed by atoms with Gasteiger partial charge in [-0.15, -0.1) is 0 Å². The lowest BCUT2D eigenvalue weighted by Gasteiger charge is -2.41. The third-order valence-electron chi connectivity index (χ3n) is 3.62. The van der Waals surface area contributed by atoms with Gasteiger partial charge in [-0.25, -0.2) is 4.79 Å². The zero-order valence-corrected chi connectivity index (χ0v) is 15.9. The SMILES string of the molecule is CC(C)OC(C)(C)C(C)(C)OC(=O)OCCOCCC(C)(C)O. The molecule has 0 heterocycles. The molecule has 0 aromatic rings. The van der Waals surface area contributed by atoms with Gasteiger partial charge in [-0.3, -0.25) is 0 Å². The Bertz CT molecular complexity index is 355. The first-order valence-corrected chi connectivity index (χ1v) is 8.10. The molecule has 0 aliphatic rings.